The van der Waals surface area contributed by atoms with Crippen LogP contribution in [0.5, 0.6) is 0 Å². The lowest BCUT2D eigenvalue weighted by molar-refractivity contribution is 0.379. The summed E-state index contributed by atoms with van der Waals surface area (Å²) in [6, 6.07) is 5.89. The van der Waals surface area contributed by atoms with Crippen LogP contribution in [-0.4, -0.2) is 36.8 Å². The van der Waals surface area contributed by atoms with Crippen LogP contribution in [0, 0.1) is 11.6 Å². The third-order valence-electron chi connectivity index (χ3n) is 4.49. The maximum absolute atomic E-state index is 14.0. The van der Waals surface area contributed by atoms with Gasteiger partial charge in [0, 0.05) is 31.7 Å². The molecule has 9 heteroatoms. The molecule has 0 spiro atoms. The predicted octanol–water partition coefficient (Wildman–Crippen LogP) is 3.47. The first-order chi connectivity index (χ1) is 13.1. The van der Waals surface area contributed by atoms with Gasteiger partial charge in [0.25, 0.3) is 0 Å². The molecule has 1 aliphatic heterocycles. The molecule has 3 rings (SSSR count). The SMILES string of the molecule is CCNC(=NCc1cc(CC)no1)NC1CCN(c2c(F)cccc2F)C1.I. The Labute approximate surface area is 180 Å². The summed E-state index contributed by atoms with van der Waals surface area (Å²) in [4.78, 5) is 6.25. The van der Waals surface area contributed by atoms with Gasteiger partial charge < -0.3 is 20.1 Å². The van der Waals surface area contributed by atoms with E-state index in [1.807, 2.05) is 19.9 Å². The average Bonchev–Trinajstić information content (AvgIpc) is 3.29. The second-order valence-corrected chi connectivity index (χ2v) is 6.48. The highest BCUT2D eigenvalue weighted by atomic mass is 127. The van der Waals surface area contributed by atoms with Crippen LogP contribution < -0.4 is 15.5 Å². The molecule has 1 aliphatic rings. The molecular weight excluding hydrogens is 479 g/mol. The second-order valence-electron chi connectivity index (χ2n) is 6.48. The van der Waals surface area contributed by atoms with Crippen molar-refractivity contribution in [2.75, 3.05) is 24.5 Å². The van der Waals surface area contributed by atoms with Crippen LogP contribution >= 0.6 is 24.0 Å². The number of aliphatic imine (C=N–C) groups is 1. The van der Waals surface area contributed by atoms with Gasteiger partial charge in [-0.25, -0.2) is 13.8 Å². The molecule has 0 radical (unpaired) electrons. The number of hydrogen-bond donors (Lipinski definition) is 2. The standard InChI is InChI=1S/C19H25F2N5O.HI/c1-3-13-10-15(27-25-13)11-23-19(22-4-2)24-14-8-9-26(12-14)18-16(20)6-5-7-17(18)21;/h5-7,10,14H,3-4,8-9,11-12H2,1-2H3,(H2,22,23,24);1H. The monoisotopic (exact) mass is 505 g/mol. The molecule has 1 saturated heterocycles. The lowest BCUT2D eigenvalue weighted by atomic mass is 10.2. The van der Waals surface area contributed by atoms with Crippen molar-refractivity contribution in [3.05, 3.63) is 47.4 Å². The number of hydrogen-bond acceptors (Lipinski definition) is 4. The number of nitrogens with zero attached hydrogens (tertiary/aromatic N) is 3. The molecule has 6 nitrogen and oxygen atoms in total. The van der Waals surface area contributed by atoms with Gasteiger partial charge in [0.1, 0.15) is 23.9 Å². The van der Waals surface area contributed by atoms with Crippen LogP contribution in [0.2, 0.25) is 0 Å². The van der Waals surface area contributed by atoms with Gasteiger partial charge in [0.15, 0.2) is 11.7 Å². The molecule has 0 amide bonds. The van der Waals surface area contributed by atoms with Gasteiger partial charge in [-0.3, -0.25) is 0 Å². The summed E-state index contributed by atoms with van der Waals surface area (Å²) in [6.45, 7) is 6.17. The van der Waals surface area contributed by atoms with Gasteiger partial charge in [-0.2, -0.15) is 0 Å². The number of halogens is 3. The number of aromatic nitrogens is 1. The summed E-state index contributed by atoms with van der Waals surface area (Å²) in [5, 5.41) is 10.5. The molecule has 1 fully saturated rings. The Balaban J connectivity index is 0.00000280. The quantitative estimate of drug-likeness (QED) is 0.358. The van der Waals surface area contributed by atoms with E-state index in [0.29, 0.717) is 37.9 Å². The number of anilines is 1. The molecule has 1 atom stereocenters. The van der Waals surface area contributed by atoms with E-state index < -0.39 is 11.6 Å². The van der Waals surface area contributed by atoms with Crippen LogP contribution in [0.1, 0.15) is 31.7 Å². The Bertz CT molecular complexity index is 778. The third kappa shape index (κ3) is 5.55. The molecule has 28 heavy (non-hydrogen) atoms. The van der Waals surface area contributed by atoms with Crippen LogP contribution in [0.3, 0.4) is 0 Å². The van der Waals surface area contributed by atoms with Gasteiger partial charge in [-0.15, -0.1) is 24.0 Å². The summed E-state index contributed by atoms with van der Waals surface area (Å²) in [6.07, 6.45) is 1.58. The highest BCUT2D eigenvalue weighted by Gasteiger charge is 2.27. The minimum atomic E-state index is -0.534. The molecule has 1 unspecified atom stereocenters. The highest BCUT2D eigenvalue weighted by Crippen LogP contribution is 2.26. The zero-order chi connectivity index (χ0) is 19.2. The van der Waals surface area contributed by atoms with Crippen LogP contribution in [0.4, 0.5) is 14.5 Å². The Morgan fingerprint density at radius 1 is 1.32 bits per heavy atom. The molecule has 2 aromatic rings. The first-order valence-electron chi connectivity index (χ1n) is 9.29. The number of aryl methyl sites for hydroxylation is 1. The largest absolute Gasteiger partial charge is 0.365 e. The van der Waals surface area contributed by atoms with E-state index in [2.05, 4.69) is 20.8 Å². The number of para-hydroxylation sites is 1. The van der Waals surface area contributed by atoms with Crippen molar-refractivity contribution in [3.63, 3.8) is 0 Å². The fourth-order valence-electron chi connectivity index (χ4n) is 3.14. The van der Waals surface area contributed by atoms with E-state index in [1.54, 1.807) is 4.90 Å². The molecule has 1 aromatic carbocycles. The highest BCUT2D eigenvalue weighted by molar-refractivity contribution is 14.0. The van der Waals surface area contributed by atoms with E-state index >= 15 is 0 Å². The first-order valence-corrected chi connectivity index (χ1v) is 9.29. The van der Waals surface area contributed by atoms with Gasteiger partial charge in [0.05, 0.1) is 5.69 Å². The van der Waals surface area contributed by atoms with Crippen LogP contribution in [0.15, 0.2) is 33.8 Å². The van der Waals surface area contributed by atoms with E-state index in [0.717, 1.165) is 18.5 Å². The molecule has 2 heterocycles. The number of benzene rings is 1. The summed E-state index contributed by atoms with van der Waals surface area (Å²) < 4.78 is 33.2. The van der Waals surface area contributed by atoms with Crippen molar-refractivity contribution in [1.82, 2.24) is 15.8 Å². The van der Waals surface area contributed by atoms with Gasteiger partial charge in [0.2, 0.25) is 0 Å². The Morgan fingerprint density at radius 3 is 2.71 bits per heavy atom. The first kappa shape index (κ1) is 22.4. The van der Waals surface area contributed by atoms with E-state index in [-0.39, 0.29) is 35.7 Å². The Kier molecular flexibility index (Phi) is 8.46. The topological polar surface area (TPSA) is 65.7 Å². The Morgan fingerprint density at radius 2 is 2.07 bits per heavy atom. The summed E-state index contributed by atoms with van der Waals surface area (Å²) in [5.41, 5.74) is 0.939. The Hall–Kier alpha value is -1.91. The molecule has 0 aliphatic carbocycles. The fraction of sp³-hybridized carbons (Fsp3) is 0.474. The zero-order valence-corrected chi connectivity index (χ0v) is 18.4. The lowest BCUT2D eigenvalue weighted by Gasteiger charge is -2.21. The predicted molar refractivity (Wildman–Crippen MR) is 116 cm³/mol. The molecule has 0 bridgehead atoms. The number of rotatable bonds is 6. The lowest BCUT2D eigenvalue weighted by Crippen LogP contribution is -2.44. The summed E-state index contributed by atoms with van der Waals surface area (Å²) >= 11 is 0. The number of guanidine groups is 1. The molecule has 1 aromatic heterocycles. The fourth-order valence-corrected chi connectivity index (χ4v) is 3.14. The van der Waals surface area contributed by atoms with Crippen molar-refractivity contribution in [2.45, 2.75) is 39.3 Å². The normalized spacial score (nSPS) is 16.8. The van der Waals surface area contributed by atoms with Crippen molar-refractivity contribution >= 4 is 35.6 Å². The number of nitrogens with one attached hydrogen (secondary N) is 2. The molecular formula is C19H26F2IN5O. The van der Waals surface area contributed by atoms with E-state index in [1.165, 1.54) is 18.2 Å². The average molecular weight is 505 g/mol. The molecule has 154 valence electrons. The maximum Gasteiger partial charge on any atom is 0.191 e. The van der Waals surface area contributed by atoms with Gasteiger partial charge in [-0.05, 0) is 31.9 Å². The molecule has 2 N–H and O–H groups in total. The maximum atomic E-state index is 14.0. The van der Waals surface area contributed by atoms with Gasteiger partial charge >= 0.3 is 0 Å². The van der Waals surface area contributed by atoms with Gasteiger partial charge in [-0.1, -0.05) is 18.1 Å². The second kappa shape index (κ2) is 10.6. The van der Waals surface area contributed by atoms with Crippen molar-refractivity contribution in [1.29, 1.82) is 0 Å². The van der Waals surface area contributed by atoms with Crippen molar-refractivity contribution in [2.24, 2.45) is 4.99 Å². The van der Waals surface area contributed by atoms with Crippen LogP contribution in [0.25, 0.3) is 0 Å². The molecule has 0 saturated carbocycles. The van der Waals surface area contributed by atoms with Crippen molar-refractivity contribution < 1.29 is 13.3 Å². The third-order valence-corrected chi connectivity index (χ3v) is 4.49. The van der Waals surface area contributed by atoms with E-state index in [9.17, 15) is 8.78 Å². The van der Waals surface area contributed by atoms with Crippen LogP contribution in [-0.2, 0) is 13.0 Å². The minimum Gasteiger partial charge on any atom is -0.365 e. The minimum absolute atomic E-state index is 0. The van der Waals surface area contributed by atoms with Crippen molar-refractivity contribution in [3.8, 4) is 0 Å². The smallest absolute Gasteiger partial charge is 0.191 e. The zero-order valence-electron chi connectivity index (χ0n) is 16.0. The summed E-state index contributed by atoms with van der Waals surface area (Å²) in [7, 11) is 0. The van der Waals surface area contributed by atoms with E-state index in [4.69, 9.17) is 4.52 Å². The summed E-state index contributed by atoms with van der Waals surface area (Å²) in [5.74, 6) is 0.278.